The van der Waals surface area contributed by atoms with Gasteiger partial charge < -0.3 is 10.6 Å². The molecule has 2 N–H and O–H groups in total. The molecule has 1 heterocycles. The lowest BCUT2D eigenvalue weighted by atomic mass is 10.0. The Morgan fingerprint density at radius 2 is 1.21 bits per heavy atom. The van der Waals surface area contributed by atoms with Gasteiger partial charge in [-0.3, -0.25) is 0 Å². The van der Waals surface area contributed by atoms with Gasteiger partial charge in [0, 0.05) is 16.8 Å². The average Bonchev–Trinajstić information content (AvgIpc) is 2.86. The molecule has 4 nitrogen and oxygen atoms in total. The minimum atomic E-state index is 0.444. The second-order valence-corrected chi connectivity index (χ2v) is 8.23. The van der Waals surface area contributed by atoms with Crippen LogP contribution in [0.5, 0.6) is 0 Å². The summed E-state index contributed by atoms with van der Waals surface area (Å²) < 4.78 is 0. The van der Waals surface area contributed by atoms with Crippen LogP contribution in [0, 0.1) is 0 Å². The van der Waals surface area contributed by atoms with Gasteiger partial charge in [-0.1, -0.05) is 84.4 Å². The van der Waals surface area contributed by atoms with E-state index < -0.39 is 0 Å². The summed E-state index contributed by atoms with van der Waals surface area (Å²) >= 11 is 11.7. The molecule has 0 bridgehead atoms. The van der Waals surface area contributed by atoms with Crippen molar-refractivity contribution in [1.82, 2.24) is 9.97 Å². The van der Waals surface area contributed by atoms with Crippen molar-refractivity contribution in [2.24, 2.45) is 0 Å². The third-order valence-corrected chi connectivity index (χ3v) is 5.67. The number of hydrogen-bond acceptors (Lipinski definition) is 3. The number of para-hydroxylation sites is 1. The summed E-state index contributed by atoms with van der Waals surface area (Å²) in [6.45, 7) is 0. The maximum atomic E-state index is 6.22. The zero-order valence-corrected chi connectivity index (χ0v) is 19.1. The SMILES string of the molecule is S=C(Nc1ccc2nc(-c3ccccc3)c(-c3ccccc3)nc2c1)Nc1ccccc1Cl. The molecular formula is C27H19ClN4S. The van der Waals surface area contributed by atoms with Crippen LogP contribution >= 0.6 is 23.8 Å². The van der Waals surface area contributed by atoms with Crippen molar-refractivity contribution in [3.05, 3.63) is 108 Å². The number of fused-ring (bicyclic) bond motifs is 1. The predicted molar refractivity (Wildman–Crippen MR) is 142 cm³/mol. The van der Waals surface area contributed by atoms with E-state index in [4.69, 9.17) is 33.8 Å². The third-order valence-electron chi connectivity index (χ3n) is 5.14. The maximum absolute atomic E-state index is 6.22. The Kier molecular flexibility index (Phi) is 5.98. The summed E-state index contributed by atoms with van der Waals surface area (Å²) in [5, 5.41) is 7.38. The van der Waals surface area contributed by atoms with E-state index in [1.165, 1.54) is 0 Å². The maximum Gasteiger partial charge on any atom is 0.175 e. The van der Waals surface area contributed by atoms with E-state index >= 15 is 0 Å². The van der Waals surface area contributed by atoms with E-state index in [1.807, 2.05) is 91.0 Å². The van der Waals surface area contributed by atoms with Gasteiger partial charge in [-0.15, -0.1) is 0 Å². The molecule has 6 heteroatoms. The fourth-order valence-electron chi connectivity index (χ4n) is 3.57. The molecule has 0 aliphatic heterocycles. The number of aromatic nitrogens is 2. The number of thiocarbonyl (C=S) groups is 1. The summed E-state index contributed by atoms with van der Waals surface area (Å²) in [6.07, 6.45) is 0. The molecule has 0 fully saturated rings. The van der Waals surface area contributed by atoms with Crippen LogP contribution in [0.15, 0.2) is 103 Å². The molecule has 4 aromatic carbocycles. The summed E-state index contributed by atoms with van der Waals surface area (Å²) in [7, 11) is 0. The van der Waals surface area contributed by atoms with Crippen molar-refractivity contribution >= 4 is 51.3 Å². The van der Waals surface area contributed by atoms with Crippen molar-refractivity contribution in [3.8, 4) is 22.5 Å². The highest BCUT2D eigenvalue weighted by atomic mass is 35.5. The van der Waals surface area contributed by atoms with Crippen LogP contribution in [0.4, 0.5) is 11.4 Å². The normalized spacial score (nSPS) is 10.7. The number of nitrogens with one attached hydrogen (secondary N) is 2. The van der Waals surface area contributed by atoms with E-state index in [0.29, 0.717) is 10.1 Å². The molecule has 0 amide bonds. The van der Waals surface area contributed by atoms with Gasteiger partial charge in [0.2, 0.25) is 0 Å². The molecule has 1 aromatic heterocycles. The van der Waals surface area contributed by atoms with Crippen LogP contribution < -0.4 is 10.6 Å². The lowest BCUT2D eigenvalue weighted by molar-refractivity contribution is 1.29. The average molecular weight is 467 g/mol. The lowest BCUT2D eigenvalue weighted by Gasteiger charge is -2.13. The van der Waals surface area contributed by atoms with Gasteiger partial charge in [0.05, 0.1) is 33.1 Å². The molecule has 0 aliphatic carbocycles. The molecule has 0 unspecified atom stereocenters. The number of nitrogens with zero attached hydrogens (tertiary/aromatic N) is 2. The Morgan fingerprint density at radius 3 is 1.85 bits per heavy atom. The van der Waals surface area contributed by atoms with Crippen LogP contribution in [0.2, 0.25) is 5.02 Å². The van der Waals surface area contributed by atoms with E-state index in [1.54, 1.807) is 0 Å². The standard InChI is InChI=1S/C27H19ClN4S/c28-21-13-7-8-14-22(21)32-27(33)29-20-15-16-23-24(17-20)31-26(19-11-5-2-6-12-19)25(30-23)18-9-3-1-4-10-18/h1-17H,(H2,29,32,33). The second kappa shape index (κ2) is 9.36. The van der Waals surface area contributed by atoms with Crippen molar-refractivity contribution in [2.45, 2.75) is 0 Å². The van der Waals surface area contributed by atoms with Crippen LogP contribution in [-0.4, -0.2) is 15.1 Å². The zero-order valence-electron chi connectivity index (χ0n) is 17.5. The first-order valence-corrected chi connectivity index (χ1v) is 11.2. The van der Waals surface area contributed by atoms with Gasteiger partial charge in [0.25, 0.3) is 0 Å². The molecule has 5 rings (SSSR count). The number of anilines is 2. The van der Waals surface area contributed by atoms with E-state index in [2.05, 4.69) is 22.8 Å². The monoisotopic (exact) mass is 466 g/mol. The molecule has 0 atom stereocenters. The highest BCUT2D eigenvalue weighted by molar-refractivity contribution is 7.80. The first-order chi connectivity index (χ1) is 16.2. The highest BCUT2D eigenvalue weighted by Gasteiger charge is 2.13. The Hall–Kier alpha value is -3.80. The summed E-state index contributed by atoms with van der Waals surface area (Å²) in [5.74, 6) is 0. The van der Waals surface area contributed by atoms with Gasteiger partial charge in [0.15, 0.2) is 5.11 Å². The minimum absolute atomic E-state index is 0.444. The van der Waals surface area contributed by atoms with Crippen molar-refractivity contribution in [2.75, 3.05) is 10.6 Å². The number of benzene rings is 4. The fourth-order valence-corrected chi connectivity index (χ4v) is 3.98. The molecule has 0 saturated carbocycles. The van der Waals surface area contributed by atoms with Crippen LogP contribution in [0.25, 0.3) is 33.5 Å². The van der Waals surface area contributed by atoms with E-state index in [9.17, 15) is 0 Å². The molecule has 33 heavy (non-hydrogen) atoms. The summed E-state index contributed by atoms with van der Waals surface area (Å²) in [5.41, 5.74) is 6.87. The van der Waals surface area contributed by atoms with Crippen LogP contribution in [-0.2, 0) is 0 Å². The quantitative estimate of drug-likeness (QED) is 0.270. The van der Waals surface area contributed by atoms with Crippen molar-refractivity contribution in [3.63, 3.8) is 0 Å². The van der Waals surface area contributed by atoms with Gasteiger partial charge in [-0.25, -0.2) is 9.97 Å². The topological polar surface area (TPSA) is 49.8 Å². The van der Waals surface area contributed by atoms with Gasteiger partial charge in [-0.05, 0) is 42.5 Å². The smallest absolute Gasteiger partial charge is 0.175 e. The second-order valence-electron chi connectivity index (χ2n) is 7.42. The molecule has 0 radical (unpaired) electrons. The number of hydrogen-bond donors (Lipinski definition) is 2. The summed E-state index contributed by atoms with van der Waals surface area (Å²) in [6, 6.07) is 33.5. The first kappa shape index (κ1) is 21.1. The number of halogens is 1. The number of rotatable bonds is 4. The molecule has 0 saturated heterocycles. The Morgan fingerprint density at radius 1 is 0.636 bits per heavy atom. The van der Waals surface area contributed by atoms with Crippen molar-refractivity contribution in [1.29, 1.82) is 0 Å². The third kappa shape index (κ3) is 4.70. The van der Waals surface area contributed by atoms with E-state index in [-0.39, 0.29) is 0 Å². The largest absolute Gasteiger partial charge is 0.332 e. The van der Waals surface area contributed by atoms with E-state index in [0.717, 1.165) is 44.9 Å². The van der Waals surface area contributed by atoms with Crippen LogP contribution in [0.1, 0.15) is 0 Å². The molecule has 160 valence electrons. The Balaban J connectivity index is 1.51. The lowest BCUT2D eigenvalue weighted by Crippen LogP contribution is -2.19. The van der Waals surface area contributed by atoms with Gasteiger partial charge in [-0.2, -0.15) is 0 Å². The Labute approximate surface area is 202 Å². The first-order valence-electron chi connectivity index (χ1n) is 10.4. The van der Waals surface area contributed by atoms with Crippen LogP contribution in [0.3, 0.4) is 0 Å². The molecular weight excluding hydrogens is 448 g/mol. The van der Waals surface area contributed by atoms with Gasteiger partial charge >= 0.3 is 0 Å². The fraction of sp³-hybridized carbons (Fsp3) is 0. The molecule has 0 aliphatic rings. The molecule has 5 aromatic rings. The summed E-state index contributed by atoms with van der Waals surface area (Å²) in [4.78, 5) is 9.97. The molecule has 0 spiro atoms. The van der Waals surface area contributed by atoms with Crippen molar-refractivity contribution < 1.29 is 0 Å². The Bertz CT molecular complexity index is 1440. The van der Waals surface area contributed by atoms with Gasteiger partial charge in [0.1, 0.15) is 0 Å². The zero-order chi connectivity index (χ0) is 22.6. The minimum Gasteiger partial charge on any atom is -0.332 e. The predicted octanol–water partition coefficient (Wildman–Crippen LogP) is 7.43. The highest BCUT2D eigenvalue weighted by Crippen LogP contribution is 2.31.